The molecule has 0 aliphatic carbocycles. The van der Waals surface area contributed by atoms with Crippen molar-refractivity contribution in [1.29, 1.82) is 0 Å². The van der Waals surface area contributed by atoms with E-state index in [9.17, 15) is 23.1 Å². The zero-order chi connectivity index (χ0) is 16.9. The van der Waals surface area contributed by atoms with Crippen molar-refractivity contribution in [1.82, 2.24) is 4.90 Å². The molecule has 1 aromatic carbocycles. The molecule has 1 amide bonds. The largest absolute Gasteiger partial charge is 0.418 e. The fraction of sp³-hybridized carbons (Fsp3) is 0.533. The van der Waals surface area contributed by atoms with Crippen LogP contribution in [0, 0.1) is 0 Å². The third-order valence-electron chi connectivity index (χ3n) is 3.08. The van der Waals surface area contributed by atoms with Crippen LogP contribution in [-0.4, -0.2) is 41.1 Å². The van der Waals surface area contributed by atoms with Crippen LogP contribution in [0.2, 0.25) is 0 Å². The quantitative estimate of drug-likeness (QED) is 0.848. The van der Waals surface area contributed by atoms with Crippen molar-refractivity contribution < 1.29 is 23.1 Å². The molecule has 4 nitrogen and oxygen atoms in total. The number of carbonyl (C=O) groups excluding carboxylic acids is 1. The molecule has 0 fully saturated rings. The molecule has 0 saturated carbocycles. The molecule has 22 heavy (non-hydrogen) atoms. The van der Waals surface area contributed by atoms with E-state index in [-0.39, 0.29) is 24.8 Å². The van der Waals surface area contributed by atoms with Crippen LogP contribution < -0.4 is 5.32 Å². The van der Waals surface area contributed by atoms with Crippen molar-refractivity contribution in [3.63, 3.8) is 0 Å². The zero-order valence-electron chi connectivity index (χ0n) is 12.8. The maximum absolute atomic E-state index is 12.9. The van der Waals surface area contributed by atoms with Crippen LogP contribution >= 0.6 is 0 Å². The molecule has 0 saturated heterocycles. The smallest absolute Gasteiger partial charge is 0.392 e. The second kappa shape index (κ2) is 7.60. The van der Waals surface area contributed by atoms with Gasteiger partial charge in [0.25, 0.3) is 0 Å². The molecular formula is C15H21F3N2O2. The van der Waals surface area contributed by atoms with Gasteiger partial charge in [-0.1, -0.05) is 12.1 Å². The van der Waals surface area contributed by atoms with Crippen molar-refractivity contribution in [3.8, 4) is 0 Å². The molecule has 2 N–H and O–H groups in total. The fourth-order valence-electron chi connectivity index (χ4n) is 2.01. The molecule has 0 aromatic heterocycles. The van der Waals surface area contributed by atoms with Gasteiger partial charge >= 0.3 is 6.18 Å². The van der Waals surface area contributed by atoms with Crippen molar-refractivity contribution in [2.45, 2.75) is 39.1 Å². The number of halogens is 3. The highest BCUT2D eigenvalue weighted by molar-refractivity contribution is 5.93. The molecular weight excluding hydrogens is 297 g/mol. The number of anilines is 1. The van der Waals surface area contributed by atoms with Crippen molar-refractivity contribution in [2.75, 3.05) is 18.4 Å². The summed E-state index contributed by atoms with van der Waals surface area (Å²) < 4.78 is 38.6. The van der Waals surface area contributed by atoms with Gasteiger partial charge in [0.05, 0.1) is 23.9 Å². The Morgan fingerprint density at radius 2 is 1.86 bits per heavy atom. The first-order valence-electron chi connectivity index (χ1n) is 6.99. The number of nitrogens with one attached hydrogen (secondary N) is 1. The summed E-state index contributed by atoms with van der Waals surface area (Å²) in [5.41, 5.74) is -1.14. The lowest BCUT2D eigenvalue weighted by atomic mass is 10.1. The summed E-state index contributed by atoms with van der Waals surface area (Å²) in [6.45, 7) is 5.46. The number of carbonyl (C=O) groups is 1. The second-order valence-electron chi connectivity index (χ2n) is 5.46. The van der Waals surface area contributed by atoms with Crippen LogP contribution in [0.25, 0.3) is 0 Å². The minimum Gasteiger partial charge on any atom is -0.392 e. The van der Waals surface area contributed by atoms with E-state index in [0.717, 1.165) is 6.07 Å². The van der Waals surface area contributed by atoms with Gasteiger partial charge in [0, 0.05) is 12.6 Å². The van der Waals surface area contributed by atoms with Gasteiger partial charge in [0.1, 0.15) is 0 Å². The number of nitrogens with zero attached hydrogens (tertiary/aromatic N) is 1. The SMILES string of the molecule is CC(O)CN(CC(=O)Nc1ccccc1C(F)(F)F)C(C)C. The molecule has 124 valence electrons. The summed E-state index contributed by atoms with van der Waals surface area (Å²) in [6.07, 6.45) is -5.15. The number of aliphatic hydroxyl groups is 1. The van der Waals surface area contributed by atoms with E-state index in [2.05, 4.69) is 5.32 Å². The van der Waals surface area contributed by atoms with Gasteiger partial charge in [0.2, 0.25) is 5.91 Å². The third-order valence-corrected chi connectivity index (χ3v) is 3.08. The highest BCUT2D eigenvalue weighted by Crippen LogP contribution is 2.34. The zero-order valence-corrected chi connectivity index (χ0v) is 12.8. The van der Waals surface area contributed by atoms with Gasteiger partial charge in [-0.05, 0) is 32.9 Å². The fourth-order valence-corrected chi connectivity index (χ4v) is 2.01. The monoisotopic (exact) mass is 318 g/mol. The Labute approximate surface area is 127 Å². The molecule has 0 aliphatic rings. The molecule has 0 heterocycles. The Kier molecular flexibility index (Phi) is 6.37. The summed E-state index contributed by atoms with van der Waals surface area (Å²) in [5, 5.41) is 11.7. The normalized spacial score (nSPS) is 13.5. The minimum atomic E-state index is -4.53. The summed E-state index contributed by atoms with van der Waals surface area (Å²) in [4.78, 5) is 13.7. The first-order chi connectivity index (χ1) is 10.1. The molecule has 1 unspecified atom stereocenters. The van der Waals surface area contributed by atoms with Crippen molar-refractivity contribution >= 4 is 11.6 Å². The lowest BCUT2D eigenvalue weighted by molar-refractivity contribution is -0.137. The van der Waals surface area contributed by atoms with Gasteiger partial charge in [-0.2, -0.15) is 13.2 Å². The van der Waals surface area contributed by atoms with E-state index in [1.807, 2.05) is 13.8 Å². The van der Waals surface area contributed by atoms with Crippen LogP contribution in [0.3, 0.4) is 0 Å². The first kappa shape index (κ1) is 18.4. The average molecular weight is 318 g/mol. The molecule has 0 radical (unpaired) electrons. The van der Waals surface area contributed by atoms with E-state index in [1.54, 1.807) is 11.8 Å². The number of amides is 1. The summed E-state index contributed by atoms with van der Waals surface area (Å²) in [5.74, 6) is -0.550. The Balaban J connectivity index is 2.81. The number of para-hydroxylation sites is 1. The Morgan fingerprint density at radius 1 is 1.27 bits per heavy atom. The number of hydrogen-bond acceptors (Lipinski definition) is 3. The minimum absolute atomic E-state index is 0.0155. The predicted molar refractivity (Wildman–Crippen MR) is 78.5 cm³/mol. The second-order valence-corrected chi connectivity index (χ2v) is 5.46. The van der Waals surface area contributed by atoms with Crippen LogP contribution in [0.1, 0.15) is 26.3 Å². The average Bonchev–Trinajstić information content (AvgIpc) is 2.36. The van der Waals surface area contributed by atoms with Crippen LogP contribution in [-0.2, 0) is 11.0 Å². The predicted octanol–water partition coefficient (Wildman–Crippen LogP) is 2.74. The van der Waals surface area contributed by atoms with Crippen LogP contribution in [0.5, 0.6) is 0 Å². The third kappa shape index (κ3) is 5.65. The molecule has 0 aliphatic heterocycles. The van der Waals surface area contributed by atoms with E-state index < -0.39 is 23.8 Å². The van der Waals surface area contributed by atoms with E-state index in [0.29, 0.717) is 0 Å². The van der Waals surface area contributed by atoms with E-state index in [4.69, 9.17) is 0 Å². The highest BCUT2D eigenvalue weighted by Gasteiger charge is 2.33. The Bertz CT molecular complexity index is 502. The maximum atomic E-state index is 12.9. The molecule has 0 bridgehead atoms. The summed E-state index contributed by atoms with van der Waals surface area (Å²) in [7, 11) is 0. The molecule has 1 atom stereocenters. The van der Waals surface area contributed by atoms with Gasteiger partial charge in [-0.25, -0.2) is 0 Å². The number of aliphatic hydroxyl groups excluding tert-OH is 1. The maximum Gasteiger partial charge on any atom is 0.418 e. The van der Waals surface area contributed by atoms with Crippen molar-refractivity contribution in [3.05, 3.63) is 29.8 Å². The van der Waals surface area contributed by atoms with Gasteiger partial charge in [-0.15, -0.1) is 0 Å². The number of alkyl halides is 3. The molecule has 7 heteroatoms. The molecule has 1 rings (SSSR count). The topological polar surface area (TPSA) is 52.6 Å². The number of rotatable bonds is 6. The van der Waals surface area contributed by atoms with Crippen LogP contribution in [0.15, 0.2) is 24.3 Å². The van der Waals surface area contributed by atoms with E-state index >= 15 is 0 Å². The van der Waals surface area contributed by atoms with Gasteiger partial charge in [-0.3, -0.25) is 9.69 Å². The van der Waals surface area contributed by atoms with Gasteiger partial charge in [0.15, 0.2) is 0 Å². The molecule has 0 spiro atoms. The number of hydrogen-bond donors (Lipinski definition) is 2. The van der Waals surface area contributed by atoms with Crippen molar-refractivity contribution in [2.24, 2.45) is 0 Å². The highest BCUT2D eigenvalue weighted by atomic mass is 19.4. The van der Waals surface area contributed by atoms with E-state index in [1.165, 1.54) is 18.2 Å². The first-order valence-corrected chi connectivity index (χ1v) is 6.99. The lowest BCUT2D eigenvalue weighted by Crippen LogP contribution is -2.42. The summed E-state index contributed by atoms with van der Waals surface area (Å²) in [6, 6.07) is 4.83. The summed E-state index contributed by atoms with van der Waals surface area (Å²) >= 11 is 0. The lowest BCUT2D eigenvalue weighted by Gasteiger charge is -2.27. The van der Waals surface area contributed by atoms with Gasteiger partial charge < -0.3 is 10.4 Å². The standard InChI is InChI=1S/C15H21F3N2O2/c1-10(2)20(8-11(3)21)9-14(22)19-13-7-5-4-6-12(13)15(16,17)18/h4-7,10-11,21H,8-9H2,1-3H3,(H,19,22). The Morgan fingerprint density at radius 3 is 2.36 bits per heavy atom. The molecule has 1 aromatic rings. The Hall–Kier alpha value is -1.60. The van der Waals surface area contributed by atoms with Crippen LogP contribution in [0.4, 0.5) is 18.9 Å². The number of benzene rings is 1.